The van der Waals surface area contributed by atoms with Crippen molar-refractivity contribution in [3.8, 4) is 0 Å². The molecule has 2 amide bonds. The number of amides is 2. The summed E-state index contributed by atoms with van der Waals surface area (Å²) in [6, 6.07) is 7.29. The number of aliphatic hydroxyl groups is 1. The second-order valence-corrected chi connectivity index (χ2v) is 7.73. The Morgan fingerprint density at radius 2 is 2.00 bits per heavy atom. The van der Waals surface area contributed by atoms with Crippen molar-refractivity contribution < 1.29 is 14.7 Å². The third kappa shape index (κ3) is 3.11. The zero-order valence-corrected chi connectivity index (χ0v) is 16.4. The number of aromatic amines is 1. The summed E-state index contributed by atoms with van der Waals surface area (Å²) >= 11 is 0. The fourth-order valence-corrected chi connectivity index (χ4v) is 4.32. The van der Waals surface area contributed by atoms with Crippen LogP contribution in [0.2, 0.25) is 0 Å². The van der Waals surface area contributed by atoms with E-state index in [0.29, 0.717) is 43.0 Å². The number of benzene rings is 1. The molecule has 2 aliphatic rings. The normalized spacial score (nSPS) is 18.6. The standard InChI is InChI=1S/C21H22N6O3/c28-12-13-4-3-8-27(13)21(30)19-14-7-9-26(11-18(14)24-25-19)20(29)17-10-22-15-5-1-2-6-16(15)23-17/h1-2,5-6,10,13,28H,3-4,7-9,11-12H2,(H,24,25)/t13-/m1/s1. The van der Waals surface area contributed by atoms with Gasteiger partial charge in [0.2, 0.25) is 0 Å². The molecule has 1 atom stereocenters. The molecule has 5 rings (SSSR count). The van der Waals surface area contributed by atoms with Crippen LogP contribution < -0.4 is 0 Å². The number of carbonyl (C=O) groups excluding carboxylic acids is 2. The Morgan fingerprint density at radius 3 is 2.83 bits per heavy atom. The van der Waals surface area contributed by atoms with Gasteiger partial charge in [-0.2, -0.15) is 5.10 Å². The largest absolute Gasteiger partial charge is 0.394 e. The molecule has 0 unspecified atom stereocenters. The molecule has 3 aromatic rings. The van der Waals surface area contributed by atoms with Crippen molar-refractivity contribution in [3.05, 3.63) is 53.1 Å². The maximum Gasteiger partial charge on any atom is 0.274 e. The molecule has 2 aliphatic heterocycles. The smallest absolute Gasteiger partial charge is 0.274 e. The van der Waals surface area contributed by atoms with Crippen LogP contribution >= 0.6 is 0 Å². The molecule has 1 aromatic carbocycles. The third-order valence-corrected chi connectivity index (χ3v) is 5.94. The molecule has 154 valence electrons. The molecule has 1 fully saturated rings. The number of hydrogen-bond acceptors (Lipinski definition) is 6. The maximum absolute atomic E-state index is 13.0. The Kier molecular flexibility index (Phi) is 4.66. The van der Waals surface area contributed by atoms with Gasteiger partial charge in [0.05, 0.1) is 42.1 Å². The van der Waals surface area contributed by atoms with Crippen molar-refractivity contribution in [1.82, 2.24) is 30.0 Å². The van der Waals surface area contributed by atoms with Crippen LogP contribution in [-0.4, -0.2) is 72.6 Å². The van der Waals surface area contributed by atoms with Crippen LogP contribution in [0.15, 0.2) is 30.5 Å². The number of nitrogens with one attached hydrogen (secondary N) is 1. The van der Waals surface area contributed by atoms with Gasteiger partial charge in [-0.25, -0.2) is 4.98 Å². The van der Waals surface area contributed by atoms with E-state index in [1.54, 1.807) is 9.80 Å². The summed E-state index contributed by atoms with van der Waals surface area (Å²) in [5, 5.41) is 16.7. The van der Waals surface area contributed by atoms with Gasteiger partial charge in [0, 0.05) is 18.7 Å². The number of hydrogen-bond donors (Lipinski definition) is 2. The first-order valence-electron chi connectivity index (χ1n) is 10.1. The first-order valence-corrected chi connectivity index (χ1v) is 10.1. The van der Waals surface area contributed by atoms with Crippen LogP contribution in [0, 0.1) is 0 Å². The van der Waals surface area contributed by atoms with Crippen molar-refractivity contribution in [1.29, 1.82) is 0 Å². The minimum absolute atomic E-state index is 0.0343. The number of aromatic nitrogens is 4. The Hall–Kier alpha value is -3.33. The average Bonchev–Trinajstić information content (AvgIpc) is 3.44. The van der Waals surface area contributed by atoms with E-state index in [-0.39, 0.29) is 24.5 Å². The van der Waals surface area contributed by atoms with Gasteiger partial charge in [-0.15, -0.1) is 0 Å². The summed E-state index contributed by atoms with van der Waals surface area (Å²) in [5.41, 5.74) is 3.76. The topological polar surface area (TPSA) is 115 Å². The van der Waals surface area contributed by atoms with Gasteiger partial charge in [0.15, 0.2) is 5.69 Å². The second-order valence-electron chi connectivity index (χ2n) is 7.73. The summed E-state index contributed by atoms with van der Waals surface area (Å²) in [6.45, 7) is 1.42. The Morgan fingerprint density at radius 1 is 1.17 bits per heavy atom. The molecule has 2 N–H and O–H groups in total. The number of rotatable bonds is 3. The number of aliphatic hydroxyl groups excluding tert-OH is 1. The number of nitrogens with zero attached hydrogens (tertiary/aromatic N) is 5. The SMILES string of the molecule is O=C(c1cnc2ccccc2n1)N1CCc2c(C(=O)N3CCC[C@@H]3CO)n[nH]c2C1. The predicted octanol–water partition coefficient (Wildman–Crippen LogP) is 1.15. The van der Waals surface area contributed by atoms with Crippen LogP contribution in [0.4, 0.5) is 0 Å². The minimum atomic E-state index is -0.193. The van der Waals surface area contributed by atoms with Crippen LogP contribution in [0.3, 0.4) is 0 Å². The molecule has 0 bridgehead atoms. The Bertz CT molecular complexity index is 1130. The second kappa shape index (κ2) is 7.49. The van der Waals surface area contributed by atoms with E-state index in [1.807, 2.05) is 24.3 Å². The summed E-state index contributed by atoms with van der Waals surface area (Å²) < 4.78 is 0. The lowest BCUT2D eigenvalue weighted by Gasteiger charge is -2.27. The monoisotopic (exact) mass is 406 g/mol. The van der Waals surface area contributed by atoms with Crippen molar-refractivity contribution in [3.63, 3.8) is 0 Å². The Labute approximate surface area is 172 Å². The zero-order chi connectivity index (χ0) is 20.7. The summed E-state index contributed by atoms with van der Waals surface area (Å²) in [5.74, 6) is -0.342. The summed E-state index contributed by atoms with van der Waals surface area (Å²) in [6.07, 6.45) is 3.74. The van der Waals surface area contributed by atoms with Crippen molar-refractivity contribution >= 4 is 22.8 Å². The van der Waals surface area contributed by atoms with Crippen LogP contribution in [0.25, 0.3) is 11.0 Å². The highest BCUT2D eigenvalue weighted by molar-refractivity contribution is 5.96. The van der Waals surface area contributed by atoms with E-state index in [4.69, 9.17) is 0 Å². The molecule has 30 heavy (non-hydrogen) atoms. The van der Waals surface area contributed by atoms with Gasteiger partial charge in [-0.05, 0) is 31.4 Å². The van der Waals surface area contributed by atoms with Gasteiger partial charge >= 0.3 is 0 Å². The lowest BCUT2D eigenvalue weighted by molar-refractivity contribution is 0.0670. The molecule has 0 spiro atoms. The fraction of sp³-hybridized carbons (Fsp3) is 0.381. The number of carbonyl (C=O) groups is 2. The maximum atomic E-state index is 13.0. The van der Waals surface area contributed by atoms with E-state index in [0.717, 1.165) is 29.6 Å². The number of H-pyrrole nitrogens is 1. The Balaban J connectivity index is 1.35. The highest BCUT2D eigenvalue weighted by Crippen LogP contribution is 2.25. The molecule has 9 nitrogen and oxygen atoms in total. The van der Waals surface area contributed by atoms with E-state index in [1.165, 1.54) is 6.20 Å². The molecule has 2 aromatic heterocycles. The minimum Gasteiger partial charge on any atom is -0.394 e. The van der Waals surface area contributed by atoms with E-state index < -0.39 is 0 Å². The summed E-state index contributed by atoms with van der Waals surface area (Å²) in [4.78, 5) is 38.1. The van der Waals surface area contributed by atoms with Crippen LogP contribution in [0.1, 0.15) is 45.1 Å². The highest BCUT2D eigenvalue weighted by Gasteiger charge is 2.34. The van der Waals surface area contributed by atoms with Gasteiger partial charge in [0.25, 0.3) is 11.8 Å². The lowest BCUT2D eigenvalue weighted by atomic mass is 10.0. The quantitative estimate of drug-likeness (QED) is 0.674. The zero-order valence-electron chi connectivity index (χ0n) is 16.4. The molecule has 4 heterocycles. The number of para-hydroxylation sites is 2. The van der Waals surface area contributed by atoms with Crippen LogP contribution in [0.5, 0.6) is 0 Å². The number of fused-ring (bicyclic) bond motifs is 2. The molecule has 0 saturated carbocycles. The summed E-state index contributed by atoms with van der Waals surface area (Å²) in [7, 11) is 0. The van der Waals surface area contributed by atoms with Gasteiger partial charge < -0.3 is 14.9 Å². The third-order valence-electron chi connectivity index (χ3n) is 5.94. The molecule has 1 saturated heterocycles. The van der Waals surface area contributed by atoms with Crippen molar-refractivity contribution in [2.24, 2.45) is 0 Å². The molecular weight excluding hydrogens is 384 g/mol. The van der Waals surface area contributed by atoms with Crippen molar-refractivity contribution in [2.75, 3.05) is 19.7 Å². The first kappa shape index (κ1) is 18.7. The number of likely N-dealkylation sites (tertiary alicyclic amines) is 1. The molecule has 0 radical (unpaired) electrons. The van der Waals surface area contributed by atoms with Crippen LogP contribution in [-0.2, 0) is 13.0 Å². The van der Waals surface area contributed by atoms with Gasteiger partial charge in [0.1, 0.15) is 5.69 Å². The van der Waals surface area contributed by atoms with E-state index >= 15 is 0 Å². The van der Waals surface area contributed by atoms with Gasteiger partial charge in [-0.1, -0.05) is 12.1 Å². The fourth-order valence-electron chi connectivity index (χ4n) is 4.32. The van der Waals surface area contributed by atoms with Crippen molar-refractivity contribution in [2.45, 2.75) is 31.8 Å². The molecule has 9 heteroatoms. The average molecular weight is 406 g/mol. The predicted molar refractivity (Wildman–Crippen MR) is 108 cm³/mol. The molecular formula is C21H22N6O3. The lowest BCUT2D eigenvalue weighted by Crippen LogP contribution is -2.39. The van der Waals surface area contributed by atoms with Gasteiger partial charge in [-0.3, -0.25) is 19.7 Å². The van der Waals surface area contributed by atoms with E-state index in [2.05, 4.69) is 20.2 Å². The first-order chi connectivity index (χ1) is 14.7. The highest BCUT2D eigenvalue weighted by atomic mass is 16.3. The van der Waals surface area contributed by atoms with E-state index in [9.17, 15) is 14.7 Å². The molecule has 0 aliphatic carbocycles.